The molecule has 0 saturated carbocycles. The van der Waals surface area contributed by atoms with Crippen LogP contribution in [0.3, 0.4) is 0 Å². The molecule has 0 unspecified atom stereocenters. The predicted molar refractivity (Wildman–Crippen MR) is 116 cm³/mol. The van der Waals surface area contributed by atoms with Crippen molar-refractivity contribution in [2.45, 2.75) is 13.5 Å². The molecule has 3 N–H and O–H groups in total. The summed E-state index contributed by atoms with van der Waals surface area (Å²) in [6.45, 7) is 5.93. The summed E-state index contributed by atoms with van der Waals surface area (Å²) < 4.78 is 0. The molecule has 0 aliphatic rings. The molecule has 29 heavy (non-hydrogen) atoms. The standard InChI is InChI=1S/C21H20N8/c1-14-5-7-17(11-25-14)27-19-12-26-20(23-2)21(28-19)29(22)13-15-6-8-18-16(10-15)4-3-9-24-18/h3-12H,2,13,22H2,1H3,(H,27,28). The first kappa shape index (κ1) is 18.5. The Hall–Kier alpha value is -3.91. The Morgan fingerprint density at radius 2 is 2.00 bits per heavy atom. The van der Waals surface area contributed by atoms with E-state index in [-0.39, 0.29) is 0 Å². The third-order valence-electron chi connectivity index (χ3n) is 4.36. The summed E-state index contributed by atoms with van der Waals surface area (Å²) in [5.74, 6) is 7.65. The van der Waals surface area contributed by atoms with Crippen molar-refractivity contribution in [1.29, 1.82) is 0 Å². The average Bonchev–Trinajstić information content (AvgIpc) is 2.75. The number of pyridine rings is 2. The van der Waals surface area contributed by atoms with E-state index in [9.17, 15) is 0 Å². The van der Waals surface area contributed by atoms with E-state index in [1.54, 1.807) is 18.6 Å². The van der Waals surface area contributed by atoms with Crippen LogP contribution in [0.4, 0.5) is 23.1 Å². The number of nitrogens with two attached hydrogens (primary N) is 1. The molecule has 0 radical (unpaired) electrons. The number of hydrogen-bond acceptors (Lipinski definition) is 8. The van der Waals surface area contributed by atoms with Gasteiger partial charge in [-0.15, -0.1) is 0 Å². The predicted octanol–water partition coefficient (Wildman–Crippen LogP) is 3.68. The fraction of sp³-hybridized carbons (Fsp3) is 0.0952. The van der Waals surface area contributed by atoms with Gasteiger partial charge in [-0.25, -0.2) is 20.8 Å². The summed E-state index contributed by atoms with van der Waals surface area (Å²) >= 11 is 0. The third-order valence-corrected chi connectivity index (χ3v) is 4.36. The Morgan fingerprint density at radius 3 is 2.79 bits per heavy atom. The number of benzene rings is 1. The quantitative estimate of drug-likeness (QED) is 0.297. The van der Waals surface area contributed by atoms with Gasteiger partial charge in [0, 0.05) is 17.3 Å². The maximum Gasteiger partial charge on any atom is 0.196 e. The fourth-order valence-electron chi connectivity index (χ4n) is 2.92. The highest BCUT2D eigenvalue weighted by Crippen LogP contribution is 2.26. The van der Waals surface area contributed by atoms with Crippen LogP contribution in [0.5, 0.6) is 0 Å². The molecule has 0 fully saturated rings. The molecule has 4 aromatic rings. The van der Waals surface area contributed by atoms with E-state index in [0.717, 1.165) is 27.8 Å². The van der Waals surface area contributed by atoms with Crippen LogP contribution in [0.1, 0.15) is 11.3 Å². The van der Waals surface area contributed by atoms with E-state index < -0.39 is 0 Å². The minimum Gasteiger partial charge on any atom is -0.338 e. The molecular formula is C21H20N8. The van der Waals surface area contributed by atoms with E-state index in [1.165, 1.54) is 5.01 Å². The number of aryl methyl sites for hydroxylation is 1. The second kappa shape index (κ2) is 7.99. The van der Waals surface area contributed by atoms with Crippen molar-refractivity contribution in [3.05, 3.63) is 72.3 Å². The summed E-state index contributed by atoms with van der Waals surface area (Å²) in [5, 5.41) is 5.73. The molecule has 3 heterocycles. The number of hydrogen-bond donors (Lipinski definition) is 2. The van der Waals surface area contributed by atoms with Gasteiger partial charge in [-0.3, -0.25) is 15.0 Å². The van der Waals surface area contributed by atoms with E-state index in [2.05, 4.69) is 43.0 Å². The Labute approximate surface area is 168 Å². The van der Waals surface area contributed by atoms with Gasteiger partial charge in [-0.05, 0) is 49.5 Å². The smallest absolute Gasteiger partial charge is 0.196 e. The van der Waals surface area contributed by atoms with Gasteiger partial charge in [0.15, 0.2) is 17.5 Å². The number of rotatable bonds is 6. The number of hydrazine groups is 1. The van der Waals surface area contributed by atoms with Gasteiger partial charge in [0.1, 0.15) is 0 Å². The summed E-state index contributed by atoms with van der Waals surface area (Å²) in [4.78, 5) is 21.4. The first-order valence-electron chi connectivity index (χ1n) is 9.02. The van der Waals surface area contributed by atoms with E-state index in [4.69, 9.17) is 5.84 Å². The first-order chi connectivity index (χ1) is 14.1. The normalized spacial score (nSPS) is 10.7. The van der Waals surface area contributed by atoms with Gasteiger partial charge >= 0.3 is 0 Å². The number of aromatic nitrogens is 4. The fourth-order valence-corrected chi connectivity index (χ4v) is 2.92. The third kappa shape index (κ3) is 4.17. The number of fused-ring (bicyclic) bond motifs is 1. The highest BCUT2D eigenvalue weighted by atomic mass is 15.4. The van der Waals surface area contributed by atoms with Crippen LogP contribution in [-0.2, 0) is 6.54 Å². The maximum atomic E-state index is 6.32. The second-order valence-electron chi connectivity index (χ2n) is 6.53. The minimum absolute atomic E-state index is 0.363. The Kier molecular flexibility index (Phi) is 5.08. The molecule has 0 atom stereocenters. The van der Waals surface area contributed by atoms with Crippen LogP contribution in [-0.4, -0.2) is 26.7 Å². The molecule has 8 nitrogen and oxygen atoms in total. The molecule has 8 heteroatoms. The summed E-state index contributed by atoms with van der Waals surface area (Å²) in [5.41, 5.74) is 3.70. The van der Waals surface area contributed by atoms with Crippen LogP contribution in [0, 0.1) is 6.92 Å². The van der Waals surface area contributed by atoms with Crippen molar-refractivity contribution in [2.24, 2.45) is 10.8 Å². The lowest BCUT2D eigenvalue weighted by Gasteiger charge is -2.20. The molecule has 3 aromatic heterocycles. The van der Waals surface area contributed by atoms with Gasteiger partial charge < -0.3 is 5.32 Å². The SMILES string of the molecule is C=Nc1ncc(Nc2ccc(C)nc2)nc1N(N)Cc1ccc2ncccc2c1. The van der Waals surface area contributed by atoms with E-state index >= 15 is 0 Å². The first-order valence-corrected chi connectivity index (χ1v) is 9.02. The van der Waals surface area contributed by atoms with Crippen LogP contribution < -0.4 is 16.2 Å². The van der Waals surface area contributed by atoms with E-state index in [0.29, 0.717) is 24.0 Å². The zero-order chi connectivity index (χ0) is 20.2. The van der Waals surface area contributed by atoms with Crippen molar-refractivity contribution in [3.8, 4) is 0 Å². The van der Waals surface area contributed by atoms with E-state index in [1.807, 2.05) is 43.3 Å². The van der Waals surface area contributed by atoms with Crippen molar-refractivity contribution in [3.63, 3.8) is 0 Å². The number of aliphatic imine (C=N–C) groups is 1. The molecule has 4 rings (SSSR count). The van der Waals surface area contributed by atoms with Gasteiger partial charge in [-0.2, -0.15) is 0 Å². The molecule has 144 valence electrons. The molecular weight excluding hydrogens is 364 g/mol. The number of nitrogens with zero attached hydrogens (tertiary/aromatic N) is 6. The zero-order valence-electron chi connectivity index (χ0n) is 15.9. The minimum atomic E-state index is 0.363. The Bertz CT molecular complexity index is 1160. The monoisotopic (exact) mass is 384 g/mol. The molecule has 0 aliphatic carbocycles. The van der Waals surface area contributed by atoms with Gasteiger partial charge in [0.2, 0.25) is 0 Å². The molecule has 0 saturated heterocycles. The van der Waals surface area contributed by atoms with Crippen LogP contribution in [0.15, 0.2) is 66.0 Å². The molecule has 0 bridgehead atoms. The van der Waals surface area contributed by atoms with Crippen LogP contribution >= 0.6 is 0 Å². The lowest BCUT2D eigenvalue weighted by molar-refractivity contribution is 0.829. The van der Waals surface area contributed by atoms with Crippen molar-refractivity contribution >= 4 is 40.8 Å². The largest absolute Gasteiger partial charge is 0.338 e. The lowest BCUT2D eigenvalue weighted by Crippen LogP contribution is -2.31. The average molecular weight is 384 g/mol. The number of anilines is 3. The second-order valence-corrected chi connectivity index (χ2v) is 6.53. The van der Waals surface area contributed by atoms with Crippen LogP contribution in [0.2, 0.25) is 0 Å². The van der Waals surface area contributed by atoms with Crippen molar-refractivity contribution in [2.75, 3.05) is 10.3 Å². The molecule has 1 aromatic carbocycles. The van der Waals surface area contributed by atoms with Crippen molar-refractivity contribution < 1.29 is 0 Å². The van der Waals surface area contributed by atoms with Gasteiger partial charge in [0.05, 0.1) is 30.1 Å². The Balaban J connectivity index is 1.59. The maximum absolute atomic E-state index is 6.32. The summed E-state index contributed by atoms with van der Waals surface area (Å²) in [6, 6.07) is 13.8. The zero-order valence-corrected chi connectivity index (χ0v) is 15.9. The van der Waals surface area contributed by atoms with Crippen LogP contribution in [0.25, 0.3) is 10.9 Å². The van der Waals surface area contributed by atoms with Crippen molar-refractivity contribution in [1.82, 2.24) is 19.9 Å². The van der Waals surface area contributed by atoms with Gasteiger partial charge in [-0.1, -0.05) is 12.1 Å². The van der Waals surface area contributed by atoms with Gasteiger partial charge in [0.25, 0.3) is 0 Å². The summed E-state index contributed by atoms with van der Waals surface area (Å²) in [6.07, 6.45) is 5.10. The highest BCUT2D eigenvalue weighted by Gasteiger charge is 2.13. The molecule has 0 amide bonds. The topological polar surface area (TPSA) is 105 Å². The summed E-state index contributed by atoms with van der Waals surface area (Å²) in [7, 11) is 0. The highest BCUT2D eigenvalue weighted by molar-refractivity contribution is 5.79. The Morgan fingerprint density at radius 1 is 1.10 bits per heavy atom. The molecule has 0 spiro atoms. The lowest BCUT2D eigenvalue weighted by atomic mass is 10.1. The molecule has 0 aliphatic heterocycles. The number of nitrogens with one attached hydrogen (secondary N) is 1.